The van der Waals surface area contributed by atoms with Crippen LogP contribution in [0.3, 0.4) is 0 Å². The van der Waals surface area contributed by atoms with Gasteiger partial charge in [0, 0.05) is 6.07 Å². The van der Waals surface area contributed by atoms with Crippen molar-refractivity contribution in [2.45, 2.75) is 0 Å². The molecule has 1 N–H and O–H groups in total. The first-order valence-electron chi connectivity index (χ1n) is 3.96. The number of nitrogens with zero attached hydrogens (tertiary/aromatic N) is 3. The smallest absolute Gasteiger partial charge is 0.129 e. The van der Waals surface area contributed by atoms with E-state index in [4.69, 9.17) is 0 Å². The molecule has 0 saturated carbocycles. The summed E-state index contributed by atoms with van der Waals surface area (Å²) in [5.41, 5.74) is 3.19. The van der Waals surface area contributed by atoms with Crippen LogP contribution < -0.4 is 15.2 Å². The fourth-order valence-corrected chi connectivity index (χ4v) is 1.55. The molecular weight excluding hydrogens is 152 g/mol. The summed E-state index contributed by atoms with van der Waals surface area (Å²) in [5, 5.41) is 4.12. The van der Waals surface area contributed by atoms with Crippen LogP contribution in [0.25, 0.3) is 0 Å². The maximum absolute atomic E-state index is 3.19. The number of pyridine rings is 1. The molecule has 0 spiro atoms. The van der Waals surface area contributed by atoms with E-state index in [1.807, 2.05) is 34.3 Å². The zero-order valence-electron chi connectivity index (χ0n) is 6.51. The minimum absolute atomic E-state index is 0.941. The molecule has 0 atom stereocenters. The van der Waals surface area contributed by atoms with Gasteiger partial charge in [-0.15, -0.1) is 15.2 Å². The van der Waals surface area contributed by atoms with E-state index in [-0.39, 0.29) is 0 Å². The molecule has 12 heavy (non-hydrogen) atoms. The second-order valence-corrected chi connectivity index (χ2v) is 2.84. The Morgan fingerprint density at radius 3 is 3.42 bits per heavy atom. The molecule has 0 radical (unpaired) electrons. The number of fused-ring (bicyclic) bond motifs is 3. The topological polar surface area (TPSA) is 22.4 Å². The van der Waals surface area contributed by atoms with Gasteiger partial charge < -0.3 is 0 Å². The molecule has 0 saturated heterocycles. The summed E-state index contributed by atoms with van der Waals surface area (Å²) in [5.74, 6) is 1.17. The predicted molar refractivity (Wildman–Crippen MR) is 44.3 cm³/mol. The summed E-state index contributed by atoms with van der Waals surface area (Å²) >= 11 is 0. The Hall–Kier alpha value is -1.71. The van der Waals surface area contributed by atoms with Gasteiger partial charge in [-0.3, -0.25) is 0 Å². The third kappa shape index (κ3) is 0.592. The Bertz CT molecular complexity index is 347. The van der Waals surface area contributed by atoms with Crippen LogP contribution in [0, 0.1) is 0 Å². The second-order valence-electron chi connectivity index (χ2n) is 2.84. The van der Waals surface area contributed by atoms with Crippen LogP contribution in [-0.2, 0) is 0 Å². The van der Waals surface area contributed by atoms with Gasteiger partial charge >= 0.3 is 5.82 Å². The lowest BCUT2D eigenvalue weighted by atomic mass is 10.4. The first kappa shape index (κ1) is 5.88. The molecule has 0 bridgehead atoms. The van der Waals surface area contributed by atoms with Crippen LogP contribution in [0.15, 0.2) is 36.7 Å². The number of aromatic nitrogens is 1. The molecule has 4 nitrogen and oxygen atoms in total. The van der Waals surface area contributed by atoms with E-state index in [0.717, 1.165) is 6.54 Å². The number of rotatable bonds is 0. The zero-order chi connectivity index (χ0) is 7.97. The lowest BCUT2D eigenvalue weighted by Crippen LogP contribution is -2.44. The van der Waals surface area contributed by atoms with Gasteiger partial charge in [0.25, 0.3) is 0 Å². The molecule has 4 heteroatoms. The molecule has 0 unspecified atom stereocenters. The maximum Gasteiger partial charge on any atom is 0.327 e. The largest absolute Gasteiger partial charge is 0.327 e. The van der Waals surface area contributed by atoms with Gasteiger partial charge in [0.2, 0.25) is 0 Å². The Balaban J connectivity index is 2.12. The highest BCUT2D eigenvalue weighted by molar-refractivity contribution is 5.37. The summed E-state index contributed by atoms with van der Waals surface area (Å²) in [6.07, 6.45) is 6.14. The lowest BCUT2D eigenvalue weighted by molar-refractivity contribution is -0.637. The highest BCUT2D eigenvalue weighted by atomic mass is 16.0. The van der Waals surface area contributed by atoms with Crippen molar-refractivity contribution >= 4 is 5.82 Å². The van der Waals surface area contributed by atoms with E-state index in [1.165, 1.54) is 5.82 Å². The van der Waals surface area contributed by atoms with Gasteiger partial charge in [-0.05, 0) is 12.1 Å². The molecule has 2 aliphatic rings. The van der Waals surface area contributed by atoms with Crippen LogP contribution in [0.2, 0.25) is 0 Å². The predicted octanol–water partition coefficient (Wildman–Crippen LogP) is -0.00310. The van der Waals surface area contributed by atoms with Crippen LogP contribution in [0.5, 0.6) is 0 Å². The average molecular weight is 161 g/mol. The molecule has 0 aliphatic carbocycles. The van der Waals surface area contributed by atoms with Gasteiger partial charge in [-0.1, -0.05) is 11.2 Å². The van der Waals surface area contributed by atoms with Gasteiger partial charge in [0.05, 0.1) is 6.20 Å². The minimum atomic E-state index is 0.941. The summed E-state index contributed by atoms with van der Waals surface area (Å²) in [7, 11) is 0. The third-order valence-corrected chi connectivity index (χ3v) is 2.10. The van der Waals surface area contributed by atoms with E-state index in [2.05, 4.69) is 22.7 Å². The normalized spacial score (nSPS) is 17.7. The van der Waals surface area contributed by atoms with Crippen LogP contribution in [0.1, 0.15) is 0 Å². The van der Waals surface area contributed by atoms with Crippen molar-refractivity contribution in [3.05, 3.63) is 36.7 Å². The third-order valence-electron chi connectivity index (χ3n) is 2.10. The molecule has 3 rings (SSSR count). The van der Waals surface area contributed by atoms with Crippen molar-refractivity contribution in [3.8, 4) is 0 Å². The molecule has 0 aromatic carbocycles. The van der Waals surface area contributed by atoms with Gasteiger partial charge in [0.1, 0.15) is 12.7 Å². The quantitative estimate of drug-likeness (QED) is 0.541. The fraction of sp³-hybridized carbons (Fsp3) is 0.125. The number of hydrogen-bond donors (Lipinski definition) is 1. The van der Waals surface area contributed by atoms with Crippen molar-refractivity contribution < 1.29 is 4.68 Å². The Kier molecular flexibility index (Phi) is 0.935. The summed E-state index contributed by atoms with van der Waals surface area (Å²) < 4.78 is 1.99. The van der Waals surface area contributed by atoms with E-state index in [9.17, 15) is 0 Å². The summed E-state index contributed by atoms with van der Waals surface area (Å²) in [4.78, 5) is 0. The van der Waals surface area contributed by atoms with Crippen LogP contribution in [-0.4, -0.2) is 11.7 Å². The van der Waals surface area contributed by atoms with Gasteiger partial charge in [-0.25, -0.2) is 0 Å². The molecule has 2 aliphatic heterocycles. The highest BCUT2D eigenvalue weighted by Crippen LogP contribution is 2.18. The van der Waals surface area contributed by atoms with Crippen molar-refractivity contribution in [2.24, 2.45) is 0 Å². The standard InChI is InChI=1S/C8H9N4/c1-2-5-10-8(4-1)11-6-3-7-12(11)9-10/h1-5,7,9H,6H2/q+1. The van der Waals surface area contributed by atoms with E-state index < -0.39 is 0 Å². The Morgan fingerprint density at radius 2 is 2.42 bits per heavy atom. The first-order chi connectivity index (χ1) is 5.95. The van der Waals surface area contributed by atoms with E-state index in [1.54, 1.807) is 0 Å². The summed E-state index contributed by atoms with van der Waals surface area (Å²) in [6, 6.07) is 6.12. The molecular formula is C8H9N4+. The van der Waals surface area contributed by atoms with Crippen molar-refractivity contribution in [1.82, 2.24) is 5.12 Å². The Labute approximate surface area is 70.2 Å². The number of hydrazine groups is 2. The van der Waals surface area contributed by atoms with Crippen molar-refractivity contribution in [2.75, 3.05) is 17.1 Å². The molecule has 0 amide bonds. The van der Waals surface area contributed by atoms with Crippen molar-refractivity contribution in [3.63, 3.8) is 0 Å². The highest BCUT2D eigenvalue weighted by Gasteiger charge is 2.35. The molecule has 1 aromatic rings. The summed E-state index contributed by atoms with van der Waals surface area (Å²) in [6.45, 7) is 0.941. The van der Waals surface area contributed by atoms with Crippen LogP contribution in [0.4, 0.5) is 5.82 Å². The number of anilines is 1. The monoisotopic (exact) mass is 161 g/mol. The fourth-order valence-electron chi connectivity index (χ4n) is 1.55. The molecule has 0 fully saturated rings. The zero-order valence-corrected chi connectivity index (χ0v) is 6.51. The van der Waals surface area contributed by atoms with Crippen molar-refractivity contribution in [1.29, 1.82) is 0 Å². The molecule has 1 aromatic heterocycles. The maximum atomic E-state index is 3.19. The lowest BCUT2D eigenvalue weighted by Gasteiger charge is -2.08. The van der Waals surface area contributed by atoms with E-state index >= 15 is 0 Å². The molecule has 60 valence electrons. The Morgan fingerprint density at radius 1 is 1.42 bits per heavy atom. The average Bonchev–Trinajstić information content (AvgIpc) is 2.62. The minimum Gasteiger partial charge on any atom is -0.129 e. The first-order valence-corrected chi connectivity index (χ1v) is 3.96. The second kappa shape index (κ2) is 1.91. The SMILES string of the molecule is C1=CN2N[n+]3ccccc3N2C1. The van der Waals surface area contributed by atoms with Gasteiger partial charge in [0.15, 0.2) is 0 Å². The molecule has 3 heterocycles. The number of hydrogen-bond acceptors (Lipinski definition) is 3. The number of nitrogens with one attached hydrogen (secondary N) is 1. The van der Waals surface area contributed by atoms with E-state index in [0.29, 0.717) is 0 Å². The van der Waals surface area contributed by atoms with Gasteiger partial charge in [-0.2, -0.15) is 0 Å². The van der Waals surface area contributed by atoms with Crippen LogP contribution >= 0.6 is 0 Å².